The van der Waals surface area contributed by atoms with Crippen molar-refractivity contribution in [1.29, 1.82) is 0 Å². The Morgan fingerprint density at radius 3 is 2.42 bits per heavy atom. The van der Waals surface area contributed by atoms with Gasteiger partial charge in [-0.05, 0) is 49.6 Å². The van der Waals surface area contributed by atoms with Crippen LogP contribution < -0.4 is 19.1 Å². The molecule has 0 aromatic heterocycles. The van der Waals surface area contributed by atoms with E-state index in [-0.39, 0.29) is 44.5 Å². The Morgan fingerprint density at radius 1 is 1.08 bits per heavy atom. The van der Waals surface area contributed by atoms with Crippen molar-refractivity contribution < 1.29 is 31.9 Å². The summed E-state index contributed by atoms with van der Waals surface area (Å²) in [6, 6.07) is 9.91. The molecule has 1 aliphatic rings. The van der Waals surface area contributed by atoms with Gasteiger partial charge >= 0.3 is 0 Å². The van der Waals surface area contributed by atoms with Gasteiger partial charge in [0.2, 0.25) is 28.6 Å². The van der Waals surface area contributed by atoms with Crippen molar-refractivity contribution in [2.24, 2.45) is 0 Å². The molecule has 0 radical (unpaired) electrons. The molecule has 2 aromatic carbocycles. The van der Waals surface area contributed by atoms with E-state index in [2.05, 4.69) is 5.32 Å². The number of rotatable bonds is 12. The van der Waals surface area contributed by atoms with Gasteiger partial charge in [0, 0.05) is 32.1 Å². The average Bonchev–Trinajstić information content (AvgIpc) is 3.30. The summed E-state index contributed by atoms with van der Waals surface area (Å²) in [4.78, 5) is 27.5. The molecular weight excluding hydrogens is 489 g/mol. The number of carbonyl (C=O) groups is 2. The molecule has 36 heavy (non-hydrogen) atoms. The first-order valence-corrected chi connectivity index (χ1v) is 13.7. The standard InChI is InChI=1S/C25H32FN3O6S/c1-4-21(25(31)27-5-2)28(16-18-8-10-19(26)11-9-18)24(30)7-6-14-29(36(3,32)33)20-12-13-22-23(15-20)35-17-34-22/h8-13,15,21H,4-7,14,16-17H2,1-3H3,(H,27,31). The Labute approximate surface area is 211 Å². The highest BCUT2D eigenvalue weighted by Crippen LogP contribution is 2.36. The first-order valence-electron chi connectivity index (χ1n) is 11.8. The maximum Gasteiger partial charge on any atom is 0.242 e. The number of hydrogen-bond donors (Lipinski definition) is 1. The zero-order chi connectivity index (χ0) is 26.3. The summed E-state index contributed by atoms with van der Waals surface area (Å²) in [7, 11) is -3.64. The van der Waals surface area contributed by atoms with Gasteiger partial charge in [-0.1, -0.05) is 19.1 Å². The van der Waals surface area contributed by atoms with Gasteiger partial charge in [-0.15, -0.1) is 0 Å². The molecule has 11 heteroatoms. The second-order valence-corrected chi connectivity index (χ2v) is 10.3. The molecular formula is C25H32FN3O6S. The molecule has 0 spiro atoms. The van der Waals surface area contributed by atoms with E-state index in [9.17, 15) is 22.4 Å². The Morgan fingerprint density at radius 2 is 1.78 bits per heavy atom. The average molecular weight is 522 g/mol. The molecule has 1 unspecified atom stereocenters. The van der Waals surface area contributed by atoms with Gasteiger partial charge in [0.15, 0.2) is 11.5 Å². The Hall–Kier alpha value is -3.34. The summed E-state index contributed by atoms with van der Waals surface area (Å²) < 4.78 is 50.2. The molecule has 1 N–H and O–H groups in total. The molecule has 2 aromatic rings. The van der Waals surface area contributed by atoms with Crippen LogP contribution in [0.1, 0.15) is 38.7 Å². The summed E-state index contributed by atoms with van der Waals surface area (Å²) in [6.07, 6.45) is 1.74. The van der Waals surface area contributed by atoms with Gasteiger partial charge in [-0.3, -0.25) is 13.9 Å². The van der Waals surface area contributed by atoms with E-state index in [1.807, 2.05) is 6.92 Å². The maximum atomic E-state index is 13.4. The van der Waals surface area contributed by atoms with E-state index in [0.717, 1.165) is 6.26 Å². The van der Waals surface area contributed by atoms with Crippen LogP contribution in [-0.4, -0.2) is 57.3 Å². The number of carbonyl (C=O) groups excluding carboxylic acids is 2. The fraction of sp³-hybridized carbons (Fsp3) is 0.440. The highest BCUT2D eigenvalue weighted by Gasteiger charge is 2.29. The van der Waals surface area contributed by atoms with Gasteiger partial charge in [-0.2, -0.15) is 0 Å². The molecule has 0 aliphatic carbocycles. The van der Waals surface area contributed by atoms with Gasteiger partial charge in [0.25, 0.3) is 0 Å². The zero-order valence-corrected chi connectivity index (χ0v) is 21.5. The number of anilines is 1. The van der Waals surface area contributed by atoms with E-state index in [0.29, 0.717) is 35.7 Å². The first-order chi connectivity index (χ1) is 17.1. The third kappa shape index (κ3) is 6.87. The minimum absolute atomic E-state index is 0.0215. The number of benzene rings is 2. The minimum atomic E-state index is -3.64. The fourth-order valence-electron chi connectivity index (χ4n) is 4.04. The zero-order valence-electron chi connectivity index (χ0n) is 20.7. The van der Waals surface area contributed by atoms with Crippen molar-refractivity contribution in [2.75, 3.05) is 30.4 Å². The number of ether oxygens (including phenoxy) is 2. The lowest BCUT2D eigenvalue weighted by Crippen LogP contribution is -2.49. The molecule has 1 aliphatic heterocycles. The van der Waals surface area contributed by atoms with Crippen LogP contribution in [-0.2, 0) is 26.2 Å². The number of nitrogens with one attached hydrogen (secondary N) is 1. The summed E-state index contributed by atoms with van der Waals surface area (Å²) in [6.45, 7) is 4.30. The minimum Gasteiger partial charge on any atom is -0.454 e. The van der Waals surface area contributed by atoms with Crippen LogP contribution in [0.2, 0.25) is 0 Å². The summed E-state index contributed by atoms with van der Waals surface area (Å²) in [5.41, 5.74) is 1.09. The normalized spacial score (nSPS) is 13.2. The maximum absolute atomic E-state index is 13.4. The molecule has 0 bridgehead atoms. The van der Waals surface area contributed by atoms with Crippen LogP contribution >= 0.6 is 0 Å². The fourth-order valence-corrected chi connectivity index (χ4v) is 5.00. The lowest BCUT2D eigenvalue weighted by molar-refractivity contribution is -0.141. The highest BCUT2D eigenvalue weighted by molar-refractivity contribution is 7.92. The number of fused-ring (bicyclic) bond motifs is 1. The SMILES string of the molecule is CCNC(=O)C(CC)N(Cc1ccc(F)cc1)C(=O)CCCN(c1ccc2c(c1)OCO2)S(C)(=O)=O. The number of hydrogen-bond acceptors (Lipinski definition) is 6. The Bertz CT molecular complexity index is 1170. The van der Waals surface area contributed by atoms with E-state index in [1.165, 1.54) is 21.3 Å². The van der Waals surface area contributed by atoms with Crippen molar-refractivity contribution in [1.82, 2.24) is 10.2 Å². The van der Waals surface area contributed by atoms with Crippen molar-refractivity contribution in [3.63, 3.8) is 0 Å². The van der Waals surface area contributed by atoms with Gasteiger partial charge < -0.3 is 19.7 Å². The van der Waals surface area contributed by atoms with Crippen LogP contribution in [0.25, 0.3) is 0 Å². The number of halogens is 1. The molecule has 1 heterocycles. The second-order valence-electron chi connectivity index (χ2n) is 8.44. The van der Waals surface area contributed by atoms with Crippen molar-refractivity contribution in [3.8, 4) is 11.5 Å². The lowest BCUT2D eigenvalue weighted by atomic mass is 10.1. The van der Waals surface area contributed by atoms with Crippen LogP contribution in [0.15, 0.2) is 42.5 Å². The predicted octanol–water partition coefficient (Wildman–Crippen LogP) is 3.04. The van der Waals surface area contributed by atoms with Gasteiger partial charge in [0.1, 0.15) is 11.9 Å². The number of amides is 2. The molecule has 3 rings (SSSR count). The van der Waals surface area contributed by atoms with Crippen LogP contribution in [0.3, 0.4) is 0 Å². The third-order valence-corrected chi connectivity index (χ3v) is 6.99. The molecule has 0 saturated carbocycles. The van der Waals surface area contributed by atoms with Crippen molar-refractivity contribution >= 4 is 27.5 Å². The molecule has 196 valence electrons. The predicted molar refractivity (Wildman–Crippen MR) is 134 cm³/mol. The monoisotopic (exact) mass is 521 g/mol. The van der Waals surface area contributed by atoms with E-state index in [4.69, 9.17) is 9.47 Å². The topological polar surface area (TPSA) is 105 Å². The highest BCUT2D eigenvalue weighted by atomic mass is 32.2. The van der Waals surface area contributed by atoms with Crippen LogP contribution in [0, 0.1) is 5.82 Å². The van der Waals surface area contributed by atoms with Crippen molar-refractivity contribution in [3.05, 3.63) is 53.8 Å². The van der Waals surface area contributed by atoms with Crippen LogP contribution in [0.5, 0.6) is 11.5 Å². The third-order valence-electron chi connectivity index (χ3n) is 5.80. The number of likely N-dealkylation sites (N-methyl/N-ethyl adjacent to an activating group) is 1. The molecule has 2 amide bonds. The Balaban J connectivity index is 1.75. The smallest absolute Gasteiger partial charge is 0.242 e. The Kier molecular flexibility index (Phi) is 9.14. The van der Waals surface area contributed by atoms with Gasteiger partial charge in [-0.25, -0.2) is 12.8 Å². The number of nitrogens with zero attached hydrogens (tertiary/aromatic N) is 2. The van der Waals surface area contributed by atoms with E-state index >= 15 is 0 Å². The first kappa shape index (κ1) is 27.3. The van der Waals surface area contributed by atoms with Crippen molar-refractivity contribution in [2.45, 2.75) is 45.7 Å². The number of sulfonamides is 1. The summed E-state index contributed by atoms with van der Waals surface area (Å²) >= 11 is 0. The summed E-state index contributed by atoms with van der Waals surface area (Å²) in [5.74, 6) is 0.0344. The van der Waals surface area contributed by atoms with E-state index < -0.39 is 21.9 Å². The summed E-state index contributed by atoms with van der Waals surface area (Å²) in [5, 5.41) is 2.76. The lowest BCUT2D eigenvalue weighted by Gasteiger charge is -2.31. The second kappa shape index (κ2) is 12.1. The largest absolute Gasteiger partial charge is 0.454 e. The molecule has 1 atom stereocenters. The van der Waals surface area contributed by atoms with E-state index in [1.54, 1.807) is 37.3 Å². The molecule has 0 saturated heterocycles. The molecule has 9 nitrogen and oxygen atoms in total. The van der Waals surface area contributed by atoms with Gasteiger partial charge in [0.05, 0.1) is 11.9 Å². The molecule has 0 fully saturated rings. The van der Waals surface area contributed by atoms with Crippen LogP contribution in [0.4, 0.5) is 10.1 Å². The quantitative estimate of drug-likeness (QED) is 0.460.